The van der Waals surface area contributed by atoms with Crippen molar-refractivity contribution in [2.75, 3.05) is 11.9 Å². The third kappa shape index (κ3) is 4.02. The zero-order chi connectivity index (χ0) is 21.3. The van der Waals surface area contributed by atoms with E-state index in [1.165, 1.54) is 18.3 Å². The molecule has 0 aliphatic carbocycles. The summed E-state index contributed by atoms with van der Waals surface area (Å²) in [6, 6.07) is 5.52. The molecule has 0 spiro atoms. The van der Waals surface area contributed by atoms with E-state index >= 15 is 0 Å². The van der Waals surface area contributed by atoms with E-state index in [0.717, 1.165) is 23.2 Å². The van der Waals surface area contributed by atoms with Gasteiger partial charge in [-0.2, -0.15) is 0 Å². The highest BCUT2D eigenvalue weighted by molar-refractivity contribution is 7.14. The number of nitrogens with one attached hydrogen (secondary N) is 2. The van der Waals surface area contributed by atoms with Gasteiger partial charge in [0.05, 0.1) is 23.3 Å². The van der Waals surface area contributed by atoms with Gasteiger partial charge in [0.25, 0.3) is 0 Å². The Morgan fingerprint density at radius 3 is 3.00 bits per heavy atom. The molecule has 1 amide bonds. The van der Waals surface area contributed by atoms with E-state index in [1.54, 1.807) is 0 Å². The highest BCUT2D eigenvalue weighted by Gasteiger charge is 2.24. The van der Waals surface area contributed by atoms with Crippen LogP contribution in [0.1, 0.15) is 24.9 Å². The van der Waals surface area contributed by atoms with Gasteiger partial charge in [-0.1, -0.05) is 11.6 Å². The van der Waals surface area contributed by atoms with Crippen LogP contribution in [0.2, 0.25) is 5.15 Å². The van der Waals surface area contributed by atoms with Crippen molar-refractivity contribution >= 4 is 45.5 Å². The molecule has 1 atom stereocenters. The predicted molar refractivity (Wildman–Crippen MR) is 111 cm³/mol. The molecule has 10 nitrogen and oxygen atoms in total. The summed E-state index contributed by atoms with van der Waals surface area (Å²) in [6.45, 7) is 2.01. The number of rotatable bonds is 5. The molecule has 1 aliphatic heterocycles. The van der Waals surface area contributed by atoms with Crippen LogP contribution >= 0.6 is 22.9 Å². The molecule has 0 bridgehead atoms. The standard InChI is InChI=1S/C18H15ClN6O4S/c1-9(26)22-12-4-5-29-14-3-2-10(6-11(12)14)13-7-30-18(23-13)24-17-15(25(27)28)16(19)20-8-21-17/h2-3,6-8,12H,4-5H2,1H3,(H,22,26)(H,20,21,23,24). The summed E-state index contributed by atoms with van der Waals surface area (Å²) in [7, 11) is 0. The molecule has 3 aromatic rings. The number of fused-ring (bicyclic) bond motifs is 1. The summed E-state index contributed by atoms with van der Waals surface area (Å²) < 4.78 is 5.69. The third-order valence-electron chi connectivity index (χ3n) is 4.41. The summed E-state index contributed by atoms with van der Waals surface area (Å²) >= 11 is 7.08. The lowest BCUT2D eigenvalue weighted by atomic mass is 9.97. The van der Waals surface area contributed by atoms with Gasteiger partial charge in [-0.3, -0.25) is 14.9 Å². The maximum atomic E-state index is 11.5. The Balaban J connectivity index is 1.62. The molecule has 0 radical (unpaired) electrons. The molecule has 0 saturated carbocycles. The molecule has 12 heteroatoms. The highest BCUT2D eigenvalue weighted by Crippen LogP contribution is 2.37. The van der Waals surface area contributed by atoms with Gasteiger partial charge in [-0.05, 0) is 18.2 Å². The Labute approximate surface area is 179 Å². The van der Waals surface area contributed by atoms with E-state index in [1.807, 2.05) is 23.6 Å². The number of amides is 1. The van der Waals surface area contributed by atoms with Crippen LogP contribution in [0.3, 0.4) is 0 Å². The zero-order valence-corrected chi connectivity index (χ0v) is 17.2. The number of anilines is 2. The second-order valence-electron chi connectivity index (χ2n) is 6.42. The molecule has 1 aromatic carbocycles. The van der Waals surface area contributed by atoms with Gasteiger partial charge in [0, 0.05) is 29.9 Å². The van der Waals surface area contributed by atoms with Crippen LogP contribution in [-0.4, -0.2) is 32.4 Å². The molecule has 1 aliphatic rings. The van der Waals surface area contributed by atoms with Gasteiger partial charge < -0.3 is 15.4 Å². The van der Waals surface area contributed by atoms with Crippen molar-refractivity contribution in [2.24, 2.45) is 0 Å². The van der Waals surface area contributed by atoms with Crippen molar-refractivity contribution < 1.29 is 14.5 Å². The van der Waals surface area contributed by atoms with Crippen LogP contribution in [0.4, 0.5) is 16.6 Å². The van der Waals surface area contributed by atoms with Gasteiger partial charge in [0.15, 0.2) is 5.13 Å². The zero-order valence-electron chi connectivity index (χ0n) is 15.6. The first-order valence-corrected chi connectivity index (χ1v) is 10.1. The average Bonchev–Trinajstić information content (AvgIpc) is 3.16. The van der Waals surface area contributed by atoms with E-state index in [4.69, 9.17) is 16.3 Å². The van der Waals surface area contributed by atoms with Crippen molar-refractivity contribution in [3.63, 3.8) is 0 Å². The summed E-state index contributed by atoms with van der Waals surface area (Å²) in [4.78, 5) is 34.1. The first-order chi connectivity index (χ1) is 14.4. The Morgan fingerprint density at radius 2 is 2.23 bits per heavy atom. The van der Waals surface area contributed by atoms with E-state index in [0.29, 0.717) is 23.9 Å². The van der Waals surface area contributed by atoms with Gasteiger partial charge in [-0.15, -0.1) is 11.3 Å². The number of carbonyl (C=O) groups excluding carboxylic acids is 1. The monoisotopic (exact) mass is 446 g/mol. The van der Waals surface area contributed by atoms with Crippen molar-refractivity contribution in [3.8, 4) is 17.0 Å². The van der Waals surface area contributed by atoms with Crippen molar-refractivity contribution in [1.29, 1.82) is 0 Å². The molecule has 1 unspecified atom stereocenters. The molecule has 0 saturated heterocycles. The number of nitrogens with zero attached hydrogens (tertiary/aromatic N) is 4. The van der Waals surface area contributed by atoms with Gasteiger partial charge in [0.2, 0.25) is 16.9 Å². The summed E-state index contributed by atoms with van der Waals surface area (Å²) in [5.41, 5.74) is 1.96. The minimum Gasteiger partial charge on any atom is -0.493 e. The molecule has 30 heavy (non-hydrogen) atoms. The maximum absolute atomic E-state index is 11.5. The molecule has 2 N–H and O–H groups in total. The fourth-order valence-electron chi connectivity index (χ4n) is 3.12. The molecular weight excluding hydrogens is 432 g/mol. The molecule has 3 heterocycles. The Hall–Kier alpha value is -3.31. The normalized spacial score (nSPS) is 15.1. The van der Waals surface area contributed by atoms with Crippen molar-refractivity contribution in [2.45, 2.75) is 19.4 Å². The Kier molecular flexibility index (Phi) is 5.46. The van der Waals surface area contributed by atoms with Gasteiger partial charge >= 0.3 is 5.69 Å². The maximum Gasteiger partial charge on any atom is 0.348 e. The molecule has 154 valence electrons. The quantitative estimate of drug-likeness (QED) is 0.343. The lowest BCUT2D eigenvalue weighted by Gasteiger charge is -2.26. The van der Waals surface area contributed by atoms with E-state index in [9.17, 15) is 14.9 Å². The minimum atomic E-state index is -0.648. The second kappa shape index (κ2) is 8.20. The number of carbonyl (C=O) groups is 1. The lowest BCUT2D eigenvalue weighted by Crippen LogP contribution is -2.30. The SMILES string of the molecule is CC(=O)NC1CCOc2ccc(-c3csc(Nc4ncnc(Cl)c4[N+](=O)[O-])n3)cc21. The van der Waals surface area contributed by atoms with Crippen molar-refractivity contribution in [3.05, 3.63) is 50.7 Å². The fraction of sp³-hybridized carbons (Fsp3) is 0.222. The number of ether oxygens (including phenoxy) is 1. The summed E-state index contributed by atoms with van der Waals surface area (Å²) in [5, 5.41) is 19.0. The van der Waals surface area contributed by atoms with Crippen LogP contribution < -0.4 is 15.4 Å². The van der Waals surface area contributed by atoms with Crippen LogP contribution in [-0.2, 0) is 4.79 Å². The van der Waals surface area contributed by atoms with E-state index < -0.39 is 10.6 Å². The number of aromatic nitrogens is 3. The molecule has 4 rings (SSSR count). The van der Waals surface area contributed by atoms with E-state index in [2.05, 4.69) is 25.6 Å². The van der Waals surface area contributed by atoms with Crippen LogP contribution in [0.25, 0.3) is 11.3 Å². The first kappa shape index (κ1) is 20.0. The van der Waals surface area contributed by atoms with Crippen LogP contribution in [0.5, 0.6) is 5.75 Å². The number of nitro groups is 1. The smallest absolute Gasteiger partial charge is 0.348 e. The number of thiazole rings is 1. The topological polar surface area (TPSA) is 132 Å². The van der Waals surface area contributed by atoms with Crippen molar-refractivity contribution in [1.82, 2.24) is 20.3 Å². The Morgan fingerprint density at radius 1 is 1.40 bits per heavy atom. The molecule has 0 fully saturated rings. The van der Waals surface area contributed by atoms with E-state index in [-0.39, 0.29) is 22.9 Å². The number of benzene rings is 1. The van der Waals surface area contributed by atoms with Crippen LogP contribution in [0, 0.1) is 10.1 Å². The number of hydrogen-bond donors (Lipinski definition) is 2. The molecule has 2 aromatic heterocycles. The Bertz CT molecular complexity index is 1140. The third-order valence-corrected chi connectivity index (χ3v) is 5.45. The number of halogens is 1. The largest absolute Gasteiger partial charge is 0.493 e. The van der Waals surface area contributed by atoms with Gasteiger partial charge in [-0.25, -0.2) is 15.0 Å². The molecular formula is C18H15ClN6O4S. The minimum absolute atomic E-state index is 0.0366. The highest BCUT2D eigenvalue weighted by atomic mass is 35.5. The van der Waals surface area contributed by atoms with Crippen LogP contribution in [0.15, 0.2) is 29.9 Å². The average molecular weight is 447 g/mol. The summed E-state index contributed by atoms with van der Waals surface area (Å²) in [5.74, 6) is 0.581. The second-order valence-corrected chi connectivity index (χ2v) is 7.64. The number of hydrogen-bond acceptors (Lipinski definition) is 9. The summed E-state index contributed by atoms with van der Waals surface area (Å²) in [6.07, 6.45) is 1.82. The van der Waals surface area contributed by atoms with Gasteiger partial charge in [0.1, 0.15) is 12.1 Å². The predicted octanol–water partition coefficient (Wildman–Crippen LogP) is 3.87. The lowest BCUT2D eigenvalue weighted by molar-refractivity contribution is -0.384. The fourth-order valence-corrected chi connectivity index (χ4v) is 4.05. The first-order valence-electron chi connectivity index (χ1n) is 8.84.